The van der Waals surface area contributed by atoms with Crippen LogP contribution in [0.1, 0.15) is 34.3 Å². The Morgan fingerprint density at radius 1 is 1.15 bits per heavy atom. The number of hydrogen-bond acceptors (Lipinski definition) is 8. The van der Waals surface area contributed by atoms with Crippen LogP contribution in [0.3, 0.4) is 0 Å². The molecule has 0 aliphatic rings. The minimum atomic E-state index is -3.84. The minimum absolute atomic E-state index is 0.0866. The van der Waals surface area contributed by atoms with Gasteiger partial charge in [-0.2, -0.15) is 0 Å². The molecule has 2 aromatic carbocycles. The van der Waals surface area contributed by atoms with Crippen molar-refractivity contribution in [2.75, 3.05) is 5.32 Å². The first kappa shape index (κ1) is 24.0. The predicted octanol–water partition coefficient (Wildman–Crippen LogP) is 2.70. The Bertz CT molecular complexity index is 1250. The highest BCUT2D eigenvalue weighted by Crippen LogP contribution is 2.19. The summed E-state index contributed by atoms with van der Waals surface area (Å²) >= 11 is 0. The number of nitrogens with zero attached hydrogens (tertiary/aromatic N) is 1. The third kappa shape index (κ3) is 6.18. The smallest absolute Gasteiger partial charge is 0.339 e. The Morgan fingerprint density at radius 2 is 1.85 bits per heavy atom. The Morgan fingerprint density at radius 3 is 2.45 bits per heavy atom. The average Bonchev–Trinajstić information content (AvgIpc) is 3.09. The maximum absolute atomic E-state index is 12.5. The summed E-state index contributed by atoms with van der Waals surface area (Å²) in [7, 11) is -3.84. The summed E-state index contributed by atoms with van der Waals surface area (Å²) in [5.74, 6) is -0.193. The summed E-state index contributed by atoms with van der Waals surface area (Å²) in [6, 6.07) is 11.7. The number of nitrogens with one attached hydrogen (secondary N) is 1. The van der Waals surface area contributed by atoms with E-state index in [1.165, 1.54) is 37.3 Å². The first-order chi connectivity index (χ1) is 15.5. The summed E-state index contributed by atoms with van der Waals surface area (Å²) in [5.41, 5.74) is 2.08. The highest BCUT2D eigenvalue weighted by molar-refractivity contribution is 7.89. The van der Waals surface area contributed by atoms with E-state index in [1.54, 1.807) is 25.1 Å². The standard InChI is InChI=1S/C22H23N3O7S/c1-13-20(14(2)32-25-13)12-30-18-6-4-5-16(11-18)22(27)31-15(3)21(26)24-17-7-9-19(10-8-17)33(23,28)29/h4-11,15H,12H2,1-3H3,(H,24,26)(H2,23,28,29). The highest BCUT2D eigenvalue weighted by atomic mass is 32.2. The minimum Gasteiger partial charge on any atom is -0.489 e. The van der Waals surface area contributed by atoms with Gasteiger partial charge in [0.05, 0.1) is 21.7 Å². The molecular weight excluding hydrogens is 450 g/mol. The molecule has 3 N–H and O–H groups in total. The average molecular weight is 474 g/mol. The lowest BCUT2D eigenvalue weighted by molar-refractivity contribution is -0.123. The molecule has 3 rings (SSSR count). The SMILES string of the molecule is Cc1noc(C)c1COc1cccc(C(=O)OC(C)C(=O)Nc2ccc(S(N)(=O)=O)cc2)c1. The number of nitrogens with two attached hydrogens (primary N) is 1. The number of rotatable bonds is 8. The van der Waals surface area contributed by atoms with E-state index >= 15 is 0 Å². The number of aromatic nitrogens is 1. The van der Waals surface area contributed by atoms with Crippen LogP contribution in [-0.4, -0.2) is 31.6 Å². The zero-order valence-electron chi connectivity index (χ0n) is 18.2. The molecule has 1 heterocycles. The lowest BCUT2D eigenvalue weighted by Gasteiger charge is -2.14. The molecule has 1 atom stereocenters. The number of sulfonamides is 1. The molecule has 0 bridgehead atoms. The normalized spacial score (nSPS) is 12.1. The van der Waals surface area contributed by atoms with Gasteiger partial charge < -0.3 is 19.3 Å². The summed E-state index contributed by atoms with van der Waals surface area (Å²) in [6.07, 6.45) is -1.11. The molecule has 174 valence electrons. The lowest BCUT2D eigenvalue weighted by atomic mass is 10.2. The Hall–Kier alpha value is -3.70. The van der Waals surface area contributed by atoms with Crippen molar-refractivity contribution in [1.82, 2.24) is 5.16 Å². The molecule has 11 heteroatoms. The van der Waals surface area contributed by atoms with Gasteiger partial charge in [-0.3, -0.25) is 4.79 Å². The molecule has 0 spiro atoms. The molecule has 3 aromatic rings. The third-order valence-electron chi connectivity index (χ3n) is 4.74. The van der Waals surface area contributed by atoms with E-state index in [1.807, 2.05) is 6.92 Å². The first-order valence-electron chi connectivity index (χ1n) is 9.84. The number of primary sulfonamides is 1. The zero-order chi connectivity index (χ0) is 24.2. The van der Waals surface area contributed by atoms with Gasteiger partial charge >= 0.3 is 5.97 Å². The predicted molar refractivity (Wildman–Crippen MR) is 118 cm³/mol. The van der Waals surface area contributed by atoms with Gasteiger partial charge in [-0.15, -0.1) is 0 Å². The van der Waals surface area contributed by atoms with Crippen molar-refractivity contribution in [3.8, 4) is 5.75 Å². The summed E-state index contributed by atoms with van der Waals surface area (Å²) < 4.78 is 38.7. The van der Waals surface area contributed by atoms with Gasteiger partial charge in [0.1, 0.15) is 18.1 Å². The number of hydrogen-bond donors (Lipinski definition) is 2. The van der Waals surface area contributed by atoms with Crippen LogP contribution in [0.4, 0.5) is 5.69 Å². The van der Waals surface area contributed by atoms with Crippen LogP contribution in [0, 0.1) is 13.8 Å². The van der Waals surface area contributed by atoms with E-state index in [0.717, 1.165) is 11.3 Å². The Balaban J connectivity index is 1.58. The van der Waals surface area contributed by atoms with E-state index in [4.69, 9.17) is 19.1 Å². The Labute approximate surface area is 190 Å². The second-order valence-corrected chi connectivity index (χ2v) is 8.79. The van der Waals surface area contributed by atoms with Crippen molar-refractivity contribution in [2.24, 2.45) is 5.14 Å². The van der Waals surface area contributed by atoms with Crippen LogP contribution < -0.4 is 15.2 Å². The second kappa shape index (κ2) is 9.84. The van der Waals surface area contributed by atoms with E-state index in [-0.39, 0.29) is 17.1 Å². The molecule has 0 saturated heterocycles. The molecule has 0 fully saturated rings. The van der Waals surface area contributed by atoms with E-state index in [0.29, 0.717) is 17.2 Å². The molecule has 0 radical (unpaired) electrons. The fourth-order valence-corrected chi connectivity index (χ4v) is 3.35. The molecule has 0 aliphatic heterocycles. The van der Waals surface area contributed by atoms with Crippen molar-refractivity contribution < 1.29 is 32.0 Å². The van der Waals surface area contributed by atoms with Gasteiger partial charge in [0.25, 0.3) is 5.91 Å². The van der Waals surface area contributed by atoms with Crippen molar-refractivity contribution >= 4 is 27.6 Å². The number of aryl methyl sites for hydroxylation is 2. The van der Waals surface area contributed by atoms with Crippen molar-refractivity contribution in [3.63, 3.8) is 0 Å². The largest absolute Gasteiger partial charge is 0.489 e. The number of carbonyl (C=O) groups excluding carboxylic acids is 2. The quantitative estimate of drug-likeness (QED) is 0.474. The van der Waals surface area contributed by atoms with Crippen LogP contribution in [0.5, 0.6) is 5.75 Å². The topological polar surface area (TPSA) is 151 Å². The van der Waals surface area contributed by atoms with Crippen LogP contribution in [0.25, 0.3) is 0 Å². The molecule has 33 heavy (non-hydrogen) atoms. The fourth-order valence-electron chi connectivity index (χ4n) is 2.83. The van der Waals surface area contributed by atoms with Gasteiger partial charge in [-0.05, 0) is 63.2 Å². The maximum atomic E-state index is 12.5. The van der Waals surface area contributed by atoms with Crippen molar-refractivity contribution in [3.05, 3.63) is 71.1 Å². The molecule has 0 saturated carbocycles. The summed E-state index contributed by atoms with van der Waals surface area (Å²) in [6.45, 7) is 5.24. The van der Waals surface area contributed by atoms with E-state index in [9.17, 15) is 18.0 Å². The number of carbonyl (C=O) groups is 2. The molecular formula is C22H23N3O7S. The molecule has 0 aliphatic carbocycles. The molecule has 1 aromatic heterocycles. The van der Waals surface area contributed by atoms with Gasteiger partial charge in [0, 0.05) is 5.69 Å². The third-order valence-corrected chi connectivity index (χ3v) is 5.67. The van der Waals surface area contributed by atoms with Crippen LogP contribution in [-0.2, 0) is 26.2 Å². The highest BCUT2D eigenvalue weighted by Gasteiger charge is 2.20. The van der Waals surface area contributed by atoms with Crippen LogP contribution >= 0.6 is 0 Å². The number of esters is 1. The second-order valence-electron chi connectivity index (χ2n) is 7.23. The van der Waals surface area contributed by atoms with E-state index in [2.05, 4.69) is 10.5 Å². The monoisotopic (exact) mass is 473 g/mol. The maximum Gasteiger partial charge on any atom is 0.339 e. The number of ether oxygens (including phenoxy) is 2. The molecule has 1 unspecified atom stereocenters. The van der Waals surface area contributed by atoms with Gasteiger partial charge in [0.15, 0.2) is 6.10 Å². The summed E-state index contributed by atoms with van der Waals surface area (Å²) in [4.78, 5) is 24.8. The van der Waals surface area contributed by atoms with Gasteiger partial charge in [-0.1, -0.05) is 11.2 Å². The van der Waals surface area contributed by atoms with Gasteiger partial charge in [0.2, 0.25) is 10.0 Å². The fraction of sp³-hybridized carbons (Fsp3) is 0.227. The van der Waals surface area contributed by atoms with Crippen LogP contribution in [0.15, 0.2) is 57.9 Å². The van der Waals surface area contributed by atoms with Gasteiger partial charge in [-0.25, -0.2) is 18.4 Å². The Kier molecular flexibility index (Phi) is 7.14. The first-order valence-corrected chi connectivity index (χ1v) is 11.4. The number of amides is 1. The number of benzene rings is 2. The van der Waals surface area contributed by atoms with E-state index < -0.39 is 28.0 Å². The van der Waals surface area contributed by atoms with Crippen molar-refractivity contribution in [2.45, 2.75) is 38.4 Å². The molecule has 10 nitrogen and oxygen atoms in total. The zero-order valence-corrected chi connectivity index (χ0v) is 19.0. The van der Waals surface area contributed by atoms with Crippen LogP contribution in [0.2, 0.25) is 0 Å². The lowest BCUT2D eigenvalue weighted by Crippen LogP contribution is -2.30. The summed E-state index contributed by atoms with van der Waals surface area (Å²) in [5, 5.41) is 11.5. The number of anilines is 1. The van der Waals surface area contributed by atoms with Crippen molar-refractivity contribution in [1.29, 1.82) is 0 Å². The molecule has 1 amide bonds.